The first kappa shape index (κ1) is 14.6. The number of esters is 1. The number of carbonyl (C=O) groups excluding carboxylic acids is 1. The van der Waals surface area contributed by atoms with Crippen LogP contribution in [-0.4, -0.2) is 27.8 Å². The average molecular weight is 319 g/mol. The second kappa shape index (κ2) is 5.81. The van der Waals surface area contributed by atoms with E-state index in [0.717, 1.165) is 11.3 Å². The van der Waals surface area contributed by atoms with Gasteiger partial charge in [-0.05, 0) is 24.1 Å². The third kappa shape index (κ3) is 2.35. The van der Waals surface area contributed by atoms with Crippen LogP contribution < -0.4 is 5.32 Å². The lowest BCUT2D eigenvalue weighted by Crippen LogP contribution is -2.29. The summed E-state index contributed by atoms with van der Waals surface area (Å²) >= 11 is 5.96. The predicted octanol–water partition coefficient (Wildman–Crippen LogP) is 2.78. The highest BCUT2D eigenvalue weighted by Crippen LogP contribution is 2.36. The molecule has 0 fully saturated rings. The van der Waals surface area contributed by atoms with Gasteiger partial charge in [-0.25, -0.2) is 9.48 Å². The molecular formula is C15H15ClN4O2. The third-order valence-electron chi connectivity index (χ3n) is 3.62. The summed E-state index contributed by atoms with van der Waals surface area (Å²) in [6.07, 6.45) is 2.11. The molecule has 0 radical (unpaired) electrons. The Morgan fingerprint density at radius 1 is 1.41 bits per heavy atom. The molecule has 1 aliphatic rings. The van der Waals surface area contributed by atoms with Crippen LogP contribution >= 0.6 is 11.6 Å². The van der Waals surface area contributed by atoms with Gasteiger partial charge in [0, 0.05) is 10.7 Å². The van der Waals surface area contributed by atoms with Crippen LogP contribution in [0.3, 0.4) is 0 Å². The summed E-state index contributed by atoms with van der Waals surface area (Å²) in [4.78, 5) is 16.5. The summed E-state index contributed by atoms with van der Waals surface area (Å²) in [7, 11) is 1.37. The Hall–Kier alpha value is -2.34. The molecule has 0 aliphatic carbocycles. The molecule has 6 nitrogen and oxygen atoms in total. The number of ether oxygens (including phenoxy) is 1. The Balaban J connectivity index is 2.19. The number of fused-ring (bicyclic) bond motifs is 1. The van der Waals surface area contributed by atoms with Gasteiger partial charge in [-0.2, -0.15) is 10.1 Å². The van der Waals surface area contributed by atoms with Gasteiger partial charge in [-0.3, -0.25) is 0 Å². The normalized spacial score (nSPS) is 17.0. The van der Waals surface area contributed by atoms with Crippen LogP contribution in [0.25, 0.3) is 0 Å². The van der Waals surface area contributed by atoms with E-state index in [-0.39, 0.29) is 5.97 Å². The standard InChI is InChI=1S/C15H15ClN4O2/c1-3-11-12(14(21)22-2)13(9-4-6-10(16)7-5-9)20-15(19-11)17-8-18-20/h4-8,13H,3H2,1-2H3,(H,17,18,19)/t13-/m1/s1. The fraction of sp³-hybridized carbons (Fsp3) is 0.267. The number of rotatable bonds is 3. The molecule has 0 spiro atoms. The number of aromatic nitrogens is 3. The van der Waals surface area contributed by atoms with Crippen LogP contribution in [-0.2, 0) is 9.53 Å². The first-order chi connectivity index (χ1) is 10.7. The van der Waals surface area contributed by atoms with Crippen molar-refractivity contribution >= 4 is 23.5 Å². The van der Waals surface area contributed by atoms with E-state index < -0.39 is 6.04 Å². The van der Waals surface area contributed by atoms with E-state index in [0.29, 0.717) is 23.0 Å². The molecule has 7 heteroatoms. The fourth-order valence-electron chi connectivity index (χ4n) is 2.59. The lowest BCUT2D eigenvalue weighted by atomic mass is 9.95. The zero-order valence-electron chi connectivity index (χ0n) is 12.2. The quantitative estimate of drug-likeness (QED) is 0.881. The molecule has 0 amide bonds. The summed E-state index contributed by atoms with van der Waals surface area (Å²) in [5, 5.41) is 8.02. The number of benzene rings is 1. The first-order valence-corrected chi connectivity index (χ1v) is 7.26. The SMILES string of the molecule is CCC1=C(C(=O)OC)[C@@H](c2ccc(Cl)cc2)n2ncnc2N1. The van der Waals surface area contributed by atoms with E-state index in [4.69, 9.17) is 16.3 Å². The summed E-state index contributed by atoms with van der Waals surface area (Å²) < 4.78 is 6.64. The van der Waals surface area contributed by atoms with Crippen molar-refractivity contribution in [3.63, 3.8) is 0 Å². The van der Waals surface area contributed by atoms with Gasteiger partial charge < -0.3 is 10.1 Å². The minimum Gasteiger partial charge on any atom is -0.466 e. The van der Waals surface area contributed by atoms with Crippen molar-refractivity contribution in [1.29, 1.82) is 0 Å². The average Bonchev–Trinajstić information content (AvgIpc) is 3.01. The highest BCUT2D eigenvalue weighted by atomic mass is 35.5. The summed E-state index contributed by atoms with van der Waals surface area (Å²) in [5.41, 5.74) is 2.21. The molecule has 2 aromatic rings. The predicted molar refractivity (Wildman–Crippen MR) is 82.6 cm³/mol. The molecular weight excluding hydrogens is 304 g/mol. The van der Waals surface area contributed by atoms with E-state index in [1.165, 1.54) is 13.4 Å². The zero-order valence-corrected chi connectivity index (χ0v) is 13.0. The van der Waals surface area contributed by atoms with Gasteiger partial charge in [0.1, 0.15) is 12.4 Å². The molecule has 22 heavy (non-hydrogen) atoms. The molecule has 1 aliphatic heterocycles. The Kier molecular flexibility index (Phi) is 3.85. The summed E-state index contributed by atoms with van der Waals surface area (Å²) in [6, 6.07) is 6.94. The Labute approximate surface area is 132 Å². The number of allylic oxidation sites excluding steroid dienone is 1. The maximum atomic E-state index is 12.3. The van der Waals surface area contributed by atoms with Gasteiger partial charge in [0.15, 0.2) is 0 Å². The number of methoxy groups -OCH3 is 1. The monoisotopic (exact) mass is 318 g/mol. The number of halogens is 1. The lowest BCUT2D eigenvalue weighted by molar-refractivity contribution is -0.136. The Morgan fingerprint density at radius 2 is 2.14 bits per heavy atom. The molecule has 0 unspecified atom stereocenters. The van der Waals surface area contributed by atoms with E-state index in [1.54, 1.807) is 16.8 Å². The van der Waals surface area contributed by atoms with Gasteiger partial charge in [0.05, 0.1) is 12.7 Å². The van der Waals surface area contributed by atoms with Gasteiger partial charge in [0.2, 0.25) is 5.95 Å². The molecule has 1 atom stereocenters. The van der Waals surface area contributed by atoms with Crippen LogP contribution in [0.4, 0.5) is 5.95 Å². The highest BCUT2D eigenvalue weighted by Gasteiger charge is 2.34. The number of carbonyl (C=O) groups is 1. The van der Waals surface area contributed by atoms with Crippen LogP contribution in [0.2, 0.25) is 5.02 Å². The Bertz CT molecular complexity index is 736. The number of nitrogens with one attached hydrogen (secondary N) is 1. The van der Waals surface area contributed by atoms with Gasteiger partial charge >= 0.3 is 5.97 Å². The number of hydrogen-bond acceptors (Lipinski definition) is 5. The van der Waals surface area contributed by atoms with E-state index in [1.807, 2.05) is 19.1 Å². The van der Waals surface area contributed by atoms with Crippen LogP contribution in [0.5, 0.6) is 0 Å². The van der Waals surface area contributed by atoms with E-state index in [9.17, 15) is 4.79 Å². The van der Waals surface area contributed by atoms with Gasteiger partial charge in [0.25, 0.3) is 0 Å². The second-order valence-electron chi connectivity index (χ2n) is 4.84. The van der Waals surface area contributed by atoms with Crippen molar-refractivity contribution in [2.75, 3.05) is 12.4 Å². The van der Waals surface area contributed by atoms with Crippen LogP contribution in [0.15, 0.2) is 41.9 Å². The molecule has 0 saturated heterocycles. The lowest BCUT2D eigenvalue weighted by Gasteiger charge is -2.28. The zero-order chi connectivity index (χ0) is 15.7. The second-order valence-corrected chi connectivity index (χ2v) is 5.28. The minimum atomic E-state index is -0.390. The topological polar surface area (TPSA) is 69.0 Å². The molecule has 114 valence electrons. The Morgan fingerprint density at radius 3 is 2.77 bits per heavy atom. The minimum absolute atomic E-state index is 0.384. The van der Waals surface area contributed by atoms with Crippen molar-refractivity contribution in [1.82, 2.24) is 14.8 Å². The van der Waals surface area contributed by atoms with E-state index >= 15 is 0 Å². The van der Waals surface area contributed by atoms with Crippen molar-refractivity contribution < 1.29 is 9.53 Å². The van der Waals surface area contributed by atoms with Crippen LogP contribution in [0, 0.1) is 0 Å². The largest absolute Gasteiger partial charge is 0.466 e. The number of nitrogens with zero attached hydrogens (tertiary/aromatic N) is 3. The fourth-order valence-corrected chi connectivity index (χ4v) is 2.72. The van der Waals surface area contributed by atoms with Crippen molar-refractivity contribution in [2.45, 2.75) is 19.4 Å². The maximum Gasteiger partial charge on any atom is 0.338 e. The smallest absolute Gasteiger partial charge is 0.338 e. The van der Waals surface area contributed by atoms with Crippen LogP contribution in [0.1, 0.15) is 24.9 Å². The van der Waals surface area contributed by atoms with Gasteiger partial charge in [-0.15, -0.1) is 0 Å². The maximum absolute atomic E-state index is 12.3. The van der Waals surface area contributed by atoms with Gasteiger partial charge in [-0.1, -0.05) is 30.7 Å². The third-order valence-corrected chi connectivity index (χ3v) is 3.88. The van der Waals surface area contributed by atoms with Crippen molar-refractivity contribution in [3.8, 4) is 0 Å². The highest BCUT2D eigenvalue weighted by molar-refractivity contribution is 6.30. The first-order valence-electron chi connectivity index (χ1n) is 6.89. The molecule has 1 N–H and O–H groups in total. The van der Waals surface area contributed by atoms with Crippen molar-refractivity contribution in [2.24, 2.45) is 0 Å². The molecule has 1 aromatic carbocycles. The molecule has 3 rings (SSSR count). The number of anilines is 1. The summed E-state index contributed by atoms with van der Waals surface area (Å²) in [6.45, 7) is 1.97. The molecule has 0 saturated carbocycles. The van der Waals surface area contributed by atoms with Crippen molar-refractivity contribution in [3.05, 3.63) is 52.4 Å². The van der Waals surface area contributed by atoms with E-state index in [2.05, 4.69) is 15.4 Å². The molecule has 2 heterocycles. The summed E-state index contributed by atoms with van der Waals surface area (Å²) in [5.74, 6) is 0.218. The molecule has 1 aromatic heterocycles. The molecule has 0 bridgehead atoms. The number of hydrogen-bond donors (Lipinski definition) is 1.